The molecule has 4 heteroatoms. The van der Waals surface area contributed by atoms with Crippen LogP contribution in [0, 0.1) is 0 Å². The summed E-state index contributed by atoms with van der Waals surface area (Å²) < 4.78 is 11.1. The van der Waals surface area contributed by atoms with Gasteiger partial charge in [0.2, 0.25) is 0 Å². The molecule has 0 spiro atoms. The summed E-state index contributed by atoms with van der Waals surface area (Å²) in [5.41, 5.74) is 0. The third-order valence-corrected chi connectivity index (χ3v) is 3.17. The van der Waals surface area contributed by atoms with Crippen LogP contribution in [0.25, 0.3) is 0 Å². The van der Waals surface area contributed by atoms with Gasteiger partial charge in [0.05, 0.1) is 12.7 Å². The minimum absolute atomic E-state index is 0.168. The lowest BCUT2D eigenvalue weighted by Gasteiger charge is -2.31. The van der Waals surface area contributed by atoms with Crippen molar-refractivity contribution in [2.45, 2.75) is 71.0 Å². The van der Waals surface area contributed by atoms with Crippen LogP contribution in [0.15, 0.2) is 0 Å². The Morgan fingerprint density at radius 3 is 2.47 bits per heavy atom. The number of ether oxygens (including phenoxy) is 2. The van der Waals surface area contributed by atoms with Crippen molar-refractivity contribution in [1.29, 1.82) is 0 Å². The van der Waals surface area contributed by atoms with E-state index in [-0.39, 0.29) is 12.1 Å². The lowest BCUT2D eigenvalue weighted by Crippen LogP contribution is -2.49. The van der Waals surface area contributed by atoms with Crippen LogP contribution in [0.1, 0.15) is 47.0 Å². The van der Waals surface area contributed by atoms with Crippen molar-refractivity contribution in [2.75, 3.05) is 13.2 Å². The first-order chi connectivity index (χ1) is 8.08. The molecule has 2 N–H and O–H groups in total. The Hall–Kier alpha value is -0.160. The average molecular weight is 245 g/mol. The van der Waals surface area contributed by atoms with Crippen molar-refractivity contribution in [1.82, 2.24) is 5.32 Å². The molecule has 0 aromatic rings. The van der Waals surface area contributed by atoms with Gasteiger partial charge in [0.15, 0.2) is 5.79 Å². The van der Waals surface area contributed by atoms with Gasteiger partial charge in [0.1, 0.15) is 6.10 Å². The number of hydrogen-bond acceptors (Lipinski definition) is 4. The molecule has 0 saturated carbocycles. The van der Waals surface area contributed by atoms with Crippen LogP contribution in [0.3, 0.4) is 0 Å². The largest absolute Gasteiger partial charge is 0.389 e. The molecule has 102 valence electrons. The average Bonchev–Trinajstić information content (AvgIpc) is 2.72. The highest BCUT2D eigenvalue weighted by Crippen LogP contribution is 2.26. The number of hydrogen-bond donors (Lipinski definition) is 2. The van der Waals surface area contributed by atoms with Crippen LogP contribution in [-0.4, -0.2) is 42.3 Å². The Kier molecular flexibility index (Phi) is 5.86. The second kappa shape index (κ2) is 6.69. The van der Waals surface area contributed by atoms with Crippen molar-refractivity contribution in [3.8, 4) is 0 Å². The molecule has 3 atom stereocenters. The number of aliphatic hydroxyl groups excluding tert-OH is 1. The maximum absolute atomic E-state index is 10.1. The van der Waals surface area contributed by atoms with Crippen LogP contribution in [0.4, 0.5) is 0 Å². The van der Waals surface area contributed by atoms with Gasteiger partial charge in [-0.05, 0) is 33.2 Å². The van der Waals surface area contributed by atoms with Crippen LogP contribution in [-0.2, 0) is 9.47 Å². The lowest BCUT2D eigenvalue weighted by atomic mass is 9.97. The zero-order valence-corrected chi connectivity index (χ0v) is 11.5. The second-order valence-electron chi connectivity index (χ2n) is 4.91. The molecule has 0 bridgehead atoms. The van der Waals surface area contributed by atoms with Gasteiger partial charge in [0.25, 0.3) is 0 Å². The number of aliphatic hydroxyl groups is 1. The lowest BCUT2D eigenvalue weighted by molar-refractivity contribution is -0.153. The topological polar surface area (TPSA) is 50.7 Å². The summed E-state index contributed by atoms with van der Waals surface area (Å²) >= 11 is 0. The first kappa shape index (κ1) is 14.9. The summed E-state index contributed by atoms with van der Waals surface area (Å²) in [4.78, 5) is 0. The van der Waals surface area contributed by atoms with Gasteiger partial charge in [0, 0.05) is 6.04 Å². The van der Waals surface area contributed by atoms with Crippen LogP contribution in [0.2, 0.25) is 0 Å². The predicted molar refractivity (Wildman–Crippen MR) is 67.9 cm³/mol. The van der Waals surface area contributed by atoms with E-state index in [0.29, 0.717) is 6.61 Å². The highest BCUT2D eigenvalue weighted by atomic mass is 16.7. The molecule has 2 fully saturated rings. The van der Waals surface area contributed by atoms with E-state index in [2.05, 4.69) is 5.32 Å². The molecule has 2 aliphatic rings. The number of piperidine rings is 1. The Balaban J connectivity index is 0.000000686. The highest BCUT2D eigenvalue weighted by molar-refractivity contribution is 4.87. The fourth-order valence-corrected chi connectivity index (χ4v) is 2.31. The summed E-state index contributed by atoms with van der Waals surface area (Å²) in [6, 6.07) is 0.168. The summed E-state index contributed by atoms with van der Waals surface area (Å²) in [6.07, 6.45) is 2.78. The summed E-state index contributed by atoms with van der Waals surface area (Å²) in [7, 11) is 0. The molecule has 0 aliphatic carbocycles. The third kappa shape index (κ3) is 4.21. The van der Waals surface area contributed by atoms with Crippen LogP contribution in [0.5, 0.6) is 0 Å². The molecule has 17 heavy (non-hydrogen) atoms. The minimum atomic E-state index is -0.541. The fraction of sp³-hybridized carbons (Fsp3) is 1.00. The van der Waals surface area contributed by atoms with E-state index >= 15 is 0 Å². The quantitative estimate of drug-likeness (QED) is 0.777. The molecule has 4 nitrogen and oxygen atoms in total. The predicted octanol–water partition coefficient (Wildman–Crippen LogP) is 1.67. The smallest absolute Gasteiger partial charge is 0.163 e. The summed E-state index contributed by atoms with van der Waals surface area (Å²) in [6.45, 7) is 9.26. The summed E-state index contributed by atoms with van der Waals surface area (Å²) in [5, 5.41) is 13.5. The molecule has 2 heterocycles. The number of nitrogens with one attached hydrogen (secondary N) is 1. The molecule has 0 amide bonds. The second-order valence-corrected chi connectivity index (χ2v) is 4.91. The van der Waals surface area contributed by atoms with E-state index in [4.69, 9.17) is 9.47 Å². The van der Waals surface area contributed by atoms with Gasteiger partial charge < -0.3 is 19.9 Å². The van der Waals surface area contributed by atoms with Crippen molar-refractivity contribution in [2.24, 2.45) is 0 Å². The van der Waals surface area contributed by atoms with E-state index in [1.807, 2.05) is 27.7 Å². The number of rotatable bonds is 2. The zero-order chi connectivity index (χ0) is 12.9. The maximum atomic E-state index is 10.1. The van der Waals surface area contributed by atoms with Crippen LogP contribution < -0.4 is 5.32 Å². The van der Waals surface area contributed by atoms with Gasteiger partial charge in [-0.2, -0.15) is 0 Å². The molecule has 2 rings (SSSR count). The van der Waals surface area contributed by atoms with E-state index in [9.17, 15) is 5.11 Å². The standard InChI is InChI=1S/C11H21NO3.C2H6/c1-11(2)14-7-9(15-11)10(13)8-5-3-4-6-12-8;1-2/h8-10,12-13H,3-7H2,1-2H3;1-2H3. The van der Waals surface area contributed by atoms with E-state index in [1.165, 1.54) is 12.8 Å². The monoisotopic (exact) mass is 245 g/mol. The van der Waals surface area contributed by atoms with Crippen molar-refractivity contribution in [3.05, 3.63) is 0 Å². The Morgan fingerprint density at radius 2 is 2.00 bits per heavy atom. The first-order valence-electron chi connectivity index (χ1n) is 6.82. The van der Waals surface area contributed by atoms with Crippen molar-refractivity contribution < 1.29 is 14.6 Å². The van der Waals surface area contributed by atoms with E-state index < -0.39 is 11.9 Å². The minimum Gasteiger partial charge on any atom is -0.389 e. The Labute approximate surface area is 105 Å². The van der Waals surface area contributed by atoms with Gasteiger partial charge in [-0.1, -0.05) is 20.3 Å². The molecule has 0 radical (unpaired) electrons. The normalized spacial score (nSPS) is 33.7. The summed E-state index contributed by atoms with van der Waals surface area (Å²) in [5.74, 6) is -0.541. The molecule has 3 unspecified atom stereocenters. The first-order valence-corrected chi connectivity index (χ1v) is 6.82. The Bertz CT molecular complexity index is 215. The van der Waals surface area contributed by atoms with Gasteiger partial charge >= 0.3 is 0 Å². The van der Waals surface area contributed by atoms with E-state index in [1.54, 1.807) is 0 Å². The van der Waals surface area contributed by atoms with Gasteiger partial charge in [-0.3, -0.25) is 0 Å². The van der Waals surface area contributed by atoms with Crippen molar-refractivity contribution in [3.63, 3.8) is 0 Å². The molecular formula is C13H27NO3. The van der Waals surface area contributed by atoms with Crippen molar-refractivity contribution >= 4 is 0 Å². The highest BCUT2D eigenvalue weighted by Gasteiger charge is 2.39. The SMILES string of the molecule is CC.CC1(C)OCC(C(O)C2CCCCN2)O1. The van der Waals surface area contributed by atoms with Crippen LogP contribution >= 0.6 is 0 Å². The molecule has 0 aromatic carbocycles. The molecule has 2 aliphatic heterocycles. The third-order valence-electron chi connectivity index (χ3n) is 3.17. The molecular weight excluding hydrogens is 218 g/mol. The Morgan fingerprint density at radius 1 is 1.29 bits per heavy atom. The fourth-order valence-electron chi connectivity index (χ4n) is 2.31. The molecule has 2 saturated heterocycles. The maximum Gasteiger partial charge on any atom is 0.163 e. The molecule has 0 aromatic heterocycles. The zero-order valence-electron chi connectivity index (χ0n) is 11.5. The van der Waals surface area contributed by atoms with Gasteiger partial charge in [-0.15, -0.1) is 0 Å². The van der Waals surface area contributed by atoms with E-state index in [0.717, 1.165) is 13.0 Å². The van der Waals surface area contributed by atoms with Gasteiger partial charge in [-0.25, -0.2) is 0 Å².